The van der Waals surface area contributed by atoms with Gasteiger partial charge in [0.05, 0.1) is 20.6 Å². The molecule has 0 fully saturated rings. The van der Waals surface area contributed by atoms with Crippen LogP contribution in [0.1, 0.15) is 20.3 Å². The van der Waals surface area contributed by atoms with Crippen LogP contribution in [0.4, 0.5) is 5.69 Å². The molecule has 1 amide bonds. The minimum atomic E-state index is -3.92. The van der Waals surface area contributed by atoms with Gasteiger partial charge < -0.3 is 5.32 Å². The van der Waals surface area contributed by atoms with Crippen molar-refractivity contribution in [1.82, 2.24) is 0 Å². The fourth-order valence-electron chi connectivity index (χ4n) is 1.37. The molecule has 0 aliphatic heterocycles. The van der Waals surface area contributed by atoms with Crippen LogP contribution in [-0.4, -0.2) is 14.3 Å². The lowest BCUT2D eigenvalue weighted by atomic mass is 10.1. The Bertz CT molecular complexity index is 576. The van der Waals surface area contributed by atoms with Crippen molar-refractivity contribution in [3.63, 3.8) is 0 Å². The molecule has 0 aliphatic rings. The van der Waals surface area contributed by atoms with Crippen molar-refractivity contribution in [2.75, 3.05) is 5.32 Å². The molecule has 1 aromatic rings. The lowest BCUT2D eigenvalue weighted by molar-refractivity contribution is -0.116. The Labute approximate surface area is 126 Å². The maximum absolute atomic E-state index is 11.6. The highest BCUT2D eigenvalue weighted by Gasteiger charge is 2.17. The van der Waals surface area contributed by atoms with Crippen molar-refractivity contribution >= 4 is 54.5 Å². The van der Waals surface area contributed by atoms with Crippen LogP contribution in [0, 0.1) is 5.92 Å². The Morgan fingerprint density at radius 3 is 2.11 bits per heavy atom. The van der Waals surface area contributed by atoms with Crippen molar-refractivity contribution in [1.29, 1.82) is 0 Å². The summed E-state index contributed by atoms with van der Waals surface area (Å²) in [5.41, 5.74) is 0.179. The minimum Gasteiger partial charge on any atom is -0.324 e. The van der Waals surface area contributed by atoms with Crippen LogP contribution < -0.4 is 5.32 Å². The Hall–Kier alpha value is -0.490. The Balaban J connectivity index is 3.08. The van der Waals surface area contributed by atoms with E-state index >= 15 is 0 Å². The normalized spacial score (nSPS) is 11.7. The number of carbonyl (C=O) groups excluding carboxylic acids is 1. The van der Waals surface area contributed by atoms with Crippen molar-refractivity contribution < 1.29 is 13.2 Å². The van der Waals surface area contributed by atoms with Crippen molar-refractivity contribution in [3.8, 4) is 0 Å². The van der Waals surface area contributed by atoms with Crippen molar-refractivity contribution in [2.24, 2.45) is 5.92 Å². The smallest absolute Gasteiger partial charge is 0.261 e. The zero-order chi connectivity index (χ0) is 14.8. The van der Waals surface area contributed by atoms with Crippen molar-refractivity contribution in [2.45, 2.75) is 25.2 Å². The molecule has 19 heavy (non-hydrogen) atoms. The average molecular weight is 345 g/mol. The molecule has 106 valence electrons. The zero-order valence-electron chi connectivity index (χ0n) is 10.2. The number of anilines is 1. The van der Waals surface area contributed by atoms with Crippen LogP contribution in [0.15, 0.2) is 17.0 Å². The van der Waals surface area contributed by atoms with Gasteiger partial charge in [-0.25, -0.2) is 8.42 Å². The third kappa shape index (κ3) is 4.84. The summed E-state index contributed by atoms with van der Waals surface area (Å²) < 4.78 is 22.4. The molecular weight excluding hydrogens is 333 g/mol. The first-order chi connectivity index (χ1) is 8.61. The predicted molar refractivity (Wildman–Crippen MR) is 77.6 cm³/mol. The summed E-state index contributed by atoms with van der Waals surface area (Å²) >= 11 is 11.8. The molecule has 4 nitrogen and oxygen atoms in total. The third-order valence-electron chi connectivity index (χ3n) is 2.16. The van der Waals surface area contributed by atoms with E-state index in [1.54, 1.807) is 0 Å². The first-order valence-corrected chi connectivity index (χ1v) is 8.41. The van der Waals surface area contributed by atoms with Gasteiger partial charge in [0.1, 0.15) is 0 Å². The van der Waals surface area contributed by atoms with E-state index in [9.17, 15) is 13.2 Å². The van der Waals surface area contributed by atoms with Crippen LogP contribution in [0.3, 0.4) is 0 Å². The molecule has 0 spiro atoms. The van der Waals surface area contributed by atoms with E-state index in [2.05, 4.69) is 5.32 Å². The first kappa shape index (κ1) is 16.6. The van der Waals surface area contributed by atoms with E-state index in [4.69, 9.17) is 33.9 Å². The minimum absolute atomic E-state index is 0.0174. The molecule has 8 heteroatoms. The number of benzene rings is 1. The number of halogens is 3. The molecule has 0 radical (unpaired) electrons. The summed E-state index contributed by atoms with van der Waals surface area (Å²) in [5.74, 6) is -0.0691. The molecule has 1 rings (SSSR count). The number of nitrogens with one attached hydrogen (secondary N) is 1. The van der Waals surface area contributed by atoms with Gasteiger partial charge in [-0.2, -0.15) is 0 Å². The summed E-state index contributed by atoms with van der Waals surface area (Å²) in [7, 11) is 1.28. The summed E-state index contributed by atoms with van der Waals surface area (Å²) in [6.07, 6.45) is 0.308. The van der Waals surface area contributed by atoms with E-state index in [0.717, 1.165) is 12.1 Å². The second kappa shape index (κ2) is 6.31. The zero-order valence-corrected chi connectivity index (χ0v) is 13.3. The van der Waals surface area contributed by atoms with Gasteiger partial charge in [0.2, 0.25) is 5.91 Å². The Kier molecular flexibility index (Phi) is 5.50. The average Bonchev–Trinajstić information content (AvgIpc) is 2.20. The second-order valence-electron chi connectivity index (χ2n) is 4.35. The van der Waals surface area contributed by atoms with Crippen molar-refractivity contribution in [3.05, 3.63) is 22.2 Å². The maximum Gasteiger partial charge on any atom is 0.261 e. The van der Waals surface area contributed by atoms with E-state index in [1.807, 2.05) is 13.8 Å². The molecule has 0 saturated heterocycles. The molecule has 0 unspecified atom stereocenters. The van der Waals surface area contributed by atoms with Gasteiger partial charge in [-0.3, -0.25) is 4.79 Å². The largest absolute Gasteiger partial charge is 0.324 e. The van der Waals surface area contributed by atoms with E-state index < -0.39 is 9.05 Å². The van der Waals surface area contributed by atoms with E-state index in [-0.39, 0.29) is 32.5 Å². The van der Waals surface area contributed by atoms with Crippen LogP contribution in [0.5, 0.6) is 0 Å². The lowest BCUT2D eigenvalue weighted by Gasteiger charge is -2.11. The first-order valence-electron chi connectivity index (χ1n) is 5.35. The predicted octanol–water partition coefficient (Wildman–Crippen LogP) is 3.91. The molecule has 0 aromatic heterocycles. The highest BCUT2D eigenvalue weighted by Crippen LogP contribution is 2.34. The number of carbonyl (C=O) groups is 1. The Morgan fingerprint density at radius 1 is 1.26 bits per heavy atom. The summed E-state index contributed by atoms with van der Waals surface area (Å²) in [5, 5.41) is 2.58. The maximum atomic E-state index is 11.6. The fraction of sp³-hybridized carbons (Fsp3) is 0.364. The SMILES string of the molecule is CC(C)CC(=O)Nc1c(Cl)cc(S(=O)(=O)Cl)cc1Cl. The van der Waals surface area contributed by atoms with Gasteiger partial charge in [-0.05, 0) is 18.1 Å². The number of hydrogen-bond acceptors (Lipinski definition) is 3. The molecule has 0 saturated carbocycles. The van der Waals surface area contributed by atoms with Gasteiger partial charge >= 0.3 is 0 Å². The summed E-state index contributed by atoms with van der Waals surface area (Å²) in [6.45, 7) is 3.79. The monoisotopic (exact) mass is 343 g/mol. The van der Waals surface area contributed by atoms with Gasteiger partial charge in [-0.1, -0.05) is 37.0 Å². The number of amides is 1. The van der Waals surface area contributed by atoms with Gasteiger partial charge in [0.15, 0.2) is 0 Å². The molecule has 0 aliphatic carbocycles. The molecule has 0 atom stereocenters. The molecular formula is C11H12Cl3NO3S. The van der Waals surface area contributed by atoms with Gasteiger partial charge in [-0.15, -0.1) is 0 Å². The molecule has 1 N–H and O–H groups in total. The molecule has 0 bridgehead atoms. The van der Waals surface area contributed by atoms with E-state index in [1.165, 1.54) is 0 Å². The van der Waals surface area contributed by atoms with Crippen LogP contribution in [-0.2, 0) is 13.8 Å². The topological polar surface area (TPSA) is 63.2 Å². The molecule has 1 aromatic carbocycles. The van der Waals surface area contributed by atoms with Crippen LogP contribution in [0.2, 0.25) is 10.0 Å². The highest BCUT2D eigenvalue weighted by molar-refractivity contribution is 8.13. The summed E-state index contributed by atoms with van der Waals surface area (Å²) in [6, 6.07) is 2.28. The Morgan fingerprint density at radius 2 is 1.74 bits per heavy atom. The van der Waals surface area contributed by atoms with E-state index in [0.29, 0.717) is 6.42 Å². The second-order valence-corrected chi connectivity index (χ2v) is 7.73. The number of rotatable bonds is 4. The van der Waals surface area contributed by atoms with Gasteiger partial charge in [0, 0.05) is 17.1 Å². The number of hydrogen-bond donors (Lipinski definition) is 1. The third-order valence-corrected chi connectivity index (χ3v) is 4.08. The molecule has 0 heterocycles. The lowest BCUT2D eigenvalue weighted by Crippen LogP contribution is -2.14. The quantitative estimate of drug-likeness (QED) is 0.842. The summed E-state index contributed by atoms with van der Waals surface area (Å²) in [4.78, 5) is 11.4. The fourth-order valence-corrected chi connectivity index (χ4v) is 2.87. The highest BCUT2D eigenvalue weighted by atomic mass is 35.7. The van der Waals surface area contributed by atoms with Crippen LogP contribution >= 0.6 is 33.9 Å². The standard InChI is InChI=1S/C11H12Cl3NO3S/c1-6(2)3-10(16)15-11-8(12)4-7(5-9(11)13)19(14,17)18/h4-6H,3H2,1-2H3,(H,15,16). The van der Waals surface area contributed by atoms with Gasteiger partial charge in [0.25, 0.3) is 9.05 Å². The van der Waals surface area contributed by atoms with Crippen LogP contribution in [0.25, 0.3) is 0 Å².